The first-order valence-corrected chi connectivity index (χ1v) is 8.19. The van der Waals surface area contributed by atoms with Gasteiger partial charge in [-0.1, -0.05) is 26.7 Å². The third kappa shape index (κ3) is 3.53. The molecule has 2 heterocycles. The molecule has 0 radical (unpaired) electrons. The van der Waals surface area contributed by atoms with Crippen LogP contribution in [0.5, 0.6) is 0 Å². The van der Waals surface area contributed by atoms with Crippen molar-refractivity contribution in [1.29, 1.82) is 0 Å². The Hall–Kier alpha value is -0.160. The van der Waals surface area contributed by atoms with Crippen molar-refractivity contribution in [2.75, 3.05) is 19.8 Å². The van der Waals surface area contributed by atoms with Crippen LogP contribution in [0.2, 0.25) is 0 Å². The first kappa shape index (κ1) is 16.2. The van der Waals surface area contributed by atoms with Gasteiger partial charge in [-0.2, -0.15) is 0 Å². The van der Waals surface area contributed by atoms with Gasteiger partial charge in [0, 0.05) is 19.8 Å². The van der Waals surface area contributed by atoms with E-state index in [4.69, 9.17) is 9.47 Å². The smallest absolute Gasteiger partial charge is 0.0831 e. The van der Waals surface area contributed by atoms with E-state index in [0.717, 1.165) is 51.7 Å². The highest BCUT2D eigenvalue weighted by molar-refractivity contribution is 4.93. The van der Waals surface area contributed by atoms with Gasteiger partial charge in [-0.05, 0) is 37.5 Å². The molecule has 0 aliphatic carbocycles. The normalized spacial score (nSPS) is 29.6. The third-order valence-electron chi connectivity index (χ3n) is 5.30. The van der Waals surface area contributed by atoms with Crippen LogP contribution in [0.1, 0.15) is 52.4 Å². The summed E-state index contributed by atoms with van der Waals surface area (Å²) in [4.78, 5) is 0. The van der Waals surface area contributed by atoms with Gasteiger partial charge in [-0.15, -0.1) is 0 Å². The van der Waals surface area contributed by atoms with E-state index in [-0.39, 0.29) is 17.4 Å². The van der Waals surface area contributed by atoms with Crippen LogP contribution in [0.15, 0.2) is 0 Å². The van der Waals surface area contributed by atoms with Gasteiger partial charge < -0.3 is 19.7 Å². The van der Waals surface area contributed by atoms with Crippen molar-refractivity contribution in [2.45, 2.75) is 70.2 Å². The molecule has 2 saturated heterocycles. The van der Waals surface area contributed by atoms with Crippen LogP contribution >= 0.6 is 0 Å². The molecule has 0 bridgehead atoms. The molecule has 4 heteroatoms. The van der Waals surface area contributed by atoms with E-state index >= 15 is 0 Å². The fourth-order valence-electron chi connectivity index (χ4n) is 3.78. The molecule has 3 unspecified atom stereocenters. The standard InChI is InChI=1S/C16H30O4/c1-3-12(4-2)14(17)15(18)13-5-8-20-16(11-13)6-9-19-10-7-16/h12-15,17-18H,3-11H2,1-2H3. The molecular weight excluding hydrogens is 256 g/mol. The summed E-state index contributed by atoms with van der Waals surface area (Å²) in [6.07, 6.45) is 4.13. The molecule has 2 aliphatic heterocycles. The van der Waals surface area contributed by atoms with Gasteiger partial charge in [0.05, 0.1) is 17.8 Å². The molecule has 2 N–H and O–H groups in total. The summed E-state index contributed by atoms with van der Waals surface area (Å²) >= 11 is 0. The maximum atomic E-state index is 10.6. The Morgan fingerprint density at radius 3 is 2.35 bits per heavy atom. The second kappa shape index (κ2) is 7.21. The Bertz CT molecular complexity index is 279. The molecule has 3 atom stereocenters. The summed E-state index contributed by atoms with van der Waals surface area (Å²) in [5.74, 6) is 0.343. The number of aliphatic hydroxyl groups is 2. The van der Waals surface area contributed by atoms with E-state index in [1.807, 2.05) is 0 Å². The van der Waals surface area contributed by atoms with Crippen LogP contribution in [0, 0.1) is 11.8 Å². The molecule has 0 saturated carbocycles. The van der Waals surface area contributed by atoms with Crippen molar-refractivity contribution in [3.63, 3.8) is 0 Å². The largest absolute Gasteiger partial charge is 0.390 e. The lowest BCUT2D eigenvalue weighted by Crippen LogP contribution is -2.49. The summed E-state index contributed by atoms with van der Waals surface area (Å²) in [6, 6.07) is 0. The molecule has 0 aromatic heterocycles. The molecule has 0 aromatic rings. The molecule has 4 nitrogen and oxygen atoms in total. The second-order valence-electron chi connectivity index (χ2n) is 6.45. The zero-order chi connectivity index (χ0) is 14.6. The fourth-order valence-corrected chi connectivity index (χ4v) is 3.78. The average Bonchev–Trinajstić information content (AvgIpc) is 2.48. The lowest BCUT2D eigenvalue weighted by atomic mass is 9.75. The van der Waals surface area contributed by atoms with Gasteiger partial charge in [0.1, 0.15) is 0 Å². The Balaban J connectivity index is 1.97. The number of hydrogen-bond acceptors (Lipinski definition) is 4. The van der Waals surface area contributed by atoms with E-state index in [2.05, 4.69) is 13.8 Å². The van der Waals surface area contributed by atoms with Crippen molar-refractivity contribution in [2.24, 2.45) is 11.8 Å². The highest BCUT2D eigenvalue weighted by Gasteiger charge is 2.43. The summed E-state index contributed by atoms with van der Waals surface area (Å²) in [7, 11) is 0. The zero-order valence-electron chi connectivity index (χ0n) is 12.9. The average molecular weight is 286 g/mol. The van der Waals surface area contributed by atoms with Crippen molar-refractivity contribution in [3.05, 3.63) is 0 Å². The molecular formula is C16H30O4. The fraction of sp³-hybridized carbons (Fsp3) is 1.00. The van der Waals surface area contributed by atoms with Gasteiger partial charge in [-0.3, -0.25) is 0 Å². The van der Waals surface area contributed by atoms with Gasteiger partial charge >= 0.3 is 0 Å². The molecule has 0 aromatic carbocycles. The number of hydrogen-bond donors (Lipinski definition) is 2. The third-order valence-corrected chi connectivity index (χ3v) is 5.30. The monoisotopic (exact) mass is 286 g/mol. The van der Waals surface area contributed by atoms with Crippen molar-refractivity contribution in [1.82, 2.24) is 0 Å². The second-order valence-corrected chi connectivity index (χ2v) is 6.45. The molecule has 2 rings (SSSR count). The van der Waals surface area contributed by atoms with E-state index < -0.39 is 12.2 Å². The first-order chi connectivity index (χ1) is 9.62. The molecule has 20 heavy (non-hydrogen) atoms. The maximum Gasteiger partial charge on any atom is 0.0831 e. The molecule has 0 amide bonds. The van der Waals surface area contributed by atoms with Crippen molar-refractivity contribution < 1.29 is 19.7 Å². The molecule has 2 aliphatic rings. The lowest BCUT2D eigenvalue weighted by molar-refractivity contribution is -0.169. The topological polar surface area (TPSA) is 58.9 Å². The Labute approximate surface area is 122 Å². The Morgan fingerprint density at radius 2 is 1.75 bits per heavy atom. The van der Waals surface area contributed by atoms with Gasteiger partial charge in [-0.25, -0.2) is 0 Å². The Kier molecular flexibility index (Phi) is 5.84. The maximum absolute atomic E-state index is 10.6. The number of aliphatic hydroxyl groups excluding tert-OH is 2. The Morgan fingerprint density at radius 1 is 1.10 bits per heavy atom. The summed E-state index contributed by atoms with van der Waals surface area (Å²) in [6.45, 7) is 6.34. The van der Waals surface area contributed by atoms with Crippen LogP contribution in [0.25, 0.3) is 0 Å². The van der Waals surface area contributed by atoms with Gasteiger partial charge in [0.25, 0.3) is 0 Å². The summed E-state index contributed by atoms with van der Waals surface area (Å²) < 4.78 is 11.4. The molecule has 2 fully saturated rings. The van der Waals surface area contributed by atoms with Crippen LogP contribution < -0.4 is 0 Å². The lowest BCUT2D eigenvalue weighted by Gasteiger charge is -2.45. The SMILES string of the molecule is CCC(CC)C(O)C(O)C1CCOC2(CCOCC2)C1. The minimum Gasteiger partial charge on any atom is -0.390 e. The first-order valence-electron chi connectivity index (χ1n) is 8.19. The van der Waals surface area contributed by atoms with Crippen LogP contribution in [0.4, 0.5) is 0 Å². The molecule has 118 valence electrons. The number of ether oxygens (including phenoxy) is 2. The summed E-state index contributed by atoms with van der Waals surface area (Å²) in [5.41, 5.74) is -0.115. The van der Waals surface area contributed by atoms with Crippen LogP contribution in [-0.4, -0.2) is 47.8 Å². The van der Waals surface area contributed by atoms with E-state index in [9.17, 15) is 10.2 Å². The van der Waals surface area contributed by atoms with E-state index in [1.165, 1.54) is 0 Å². The number of rotatable bonds is 5. The highest BCUT2D eigenvalue weighted by atomic mass is 16.5. The van der Waals surface area contributed by atoms with Crippen LogP contribution in [0.3, 0.4) is 0 Å². The highest BCUT2D eigenvalue weighted by Crippen LogP contribution is 2.39. The quantitative estimate of drug-likeness (QED) is 0.813. The predicted octanol–water partition coefficient (Wildman–Crippen LogP) is 2.12. The van der Waals surface area contributed by atoms with Gasteiger partial charge in [0.15, 0.2) is 0 Å². The van der Waals surface area contributed by atoms with E-state index in [0.29, 0.717) is 6.61 Å². The van der Waals surface area contributed by atoms with Crippen molar-refractivity contribution >= 4 is 0 Å². The molecule has 1 spiro atoms. The van der Waals surface area contributed by atoms with Crippen molar-refractivity contribution in [3.8, 4) is 0 Å². The predicted molar refractivity (Wildman–Crippen MR) is 77.5 cm³/mol. The van der Waals surface area contributed by atoms with Gasteiger partial charge in [0.2, 0.25) is 0 Å². The van der Waals surface area contributed by atoms with Crippen LogP contribution in [-0.2, 0) is 9.47 Å². The van der Waals surface area contributed by atoms with E-state index in [1.54, 1.807) is 0 Å². The zero-order valence-corrected chi connectivity index (χ0v) is 12.9. The minimum absolute atomic E-state index is 0.115. The summed E-state index contributed by atoms with van der Waals surface area (Å²) in [5, 5.41) is 21.0. The minimum atomic E-state index is -0.622.